The normalized spacial score (nSPS) is 14.2. The Kier molecular flexibility index (Phi) is 4.76. The molecule has 2 aromatic rings. The molecule has 120 valence electrons. The molecule has 0 unspecified atom stereocenters. The van der Waals surface area contributed by atoms with Gasteiger partial charge >= 0.3 is 5.97 Å². The third kappa shape index (κ3) is 2.78. The van der Waals surface area contributed by atoms with Gasteiger partial charge in [-0.25, -0.2) is 0 Å². The standard InChI is InChI=1S/C20H22O2S/c1-3-13-20(23-14-12-19(21)22-2)17-10-6-4-8-15(17)16-9-5-7-11-18(16)20/h4-11H,3,12-14H2,1-2H3. The van der Waals surface area contributed by atoms with Gasteiger partial charge in [0.15, 0.2) is 0 Å². The van der Waals surface area contributed by atoms with Crippen molar-refractivity contribution in [2.75, 3.05) is 12.9 Å². The van der Waals surface area contributed by atoms with Crippen LogP contribution in [0.3, 0.4) is 0 Å². The minimum absolute atomic E-state index is 0.0457. The number of hydrogen-bond donors (Lipinski definition) is 0. The van der Waals surface area contributed by atoms with Gasteiger partial charge in [-0.1, -0.05) is 61.9 Å². The van der Waals surface area contributed by atoms with Crippen LogP contribution in [0.25, 0.3) is 11.1 Å². The molecule has 0 aromatic heterocycles. The van der Waals surface area contributed by atoms with E-state index in [0.717, 1.165) is 18.6 Å². The molecule has 1 aliphatic carbocycles. The first-order valence-corrected chi connectivity index (χ1v) is 9.11. The van der Waals surface area contributed by atoms with Crippen molar-refractivity contribution in [3.8, 4) is 11.1 Å². The lowest BCUT2D eigenvalue weighted by Gasteiger charge is -2.31. The molecular weight excluding hydrogens is 304 g/mol. The number of benzene rings is 2. The van der Waals surface area contributed by atoms with Crippen LogP contribution in [0.4, 0.5) is 0 Å². The molecule has 0 saturated carbocycles. The van der Waals surface area contributed by atoms with Crippen molar-refractivity contribution in [3.05, 3.63) is 59.7 Å². The van der Waals surface area contributed by atoms with E-state index in [1.54, 1.807) is 0 Å². The van der Waals surface area contributed by atoms with Crippen LogP contribution < -0.4 is 0 Å². The van der Waals surface area contributed by atoms with Crippen LogP contribution in [0, 0.1) is 0 Å². The summed E-state index contributed by atoms with van der Waals surface area (Å²) in [4.78, 5) is 11.5. The molecule has 2 nitrogen and oxygen atoms in total. The summed E-state index contributed by atoms with van der Waals surface area (Å²) >= 11 is 1.88. The average molecular weight is 326 g/mol. The first-order chi connectivity index (χ1) is 11.2. The second kappa shape index (κ2) is 6.79. The molecule has 23 heavy (non-hydrogen) atoms. The maximum absolute atomic E-state index is 11.5. The van der Waals surface area contributed by atoms with E-state index < -0.39 is 0 Å². The van der Waals surface area contributed by atoms with E-state index in [1.807, 2.05) is 11.8 Å². The number of carbonyl (C=O) groups is 1. The van der Waals surface area contributed by atoms with Crippen molar-refractivity contribution in [2.24, 2.45) is 0 Å². The van der Waals surface area contributed by atoms with Gasteiger partial charge in [0.05, 0.1) is 18.3 Å². The van der Waals surface area contributed by atoms with Crippen molar-refractivity contribution in [3.63, 3.8) is 0 Å². The highest BCUT2D eigenvalue weighted by Crippen LogP contribution is 2.57. The van der Waals surface area contributed by atoms with Crippen molar-refractivity contribution in [1.82, 2.24) is 0 Å². The molecule has 0 atom stereocenters. The molecule has 0 spiro atoms. The second-order valence-electron chi connectivity index (χ2n) is 5.84. The predicted octanol–water partition coefficient (Wildman–Crippen LogP) is 5.01. The quantitative estimate of drug-likeness (QED) is 0.698. The second-order valence-corrected chi connectivity index (χ2v) is 7.24. The zero-order valence-corrected chi connectivity index (χ0v) is 14.5. The number of esters is 1. The number of carbonyl (C=O) groups excluding carboxylic acids is 1. The van der Waals surface area contributed by atoms with Crippen LogP contribution in [0.1, 0.15) is 37.3 Å². The lowest BCUT2D eigenvalue weighted by Crippen LogP contribution is -2.22. The Bertz CT molecular complexity index is 663. The van der Waals surface area contributed by atoms with Gasteiger partial charge in [-0.3, -0.25) is 4.79 Å². The molecule has 0 fully saturated rings. The zero-order valence-electron chi connectivity index (χ0n) is 13.7. The molecule has 2 aromatic carbocycles. The molecule has 0 aliphatic heterocycles. The van der Waals surface area contributed by atoms with Gasteiger partial charge in [0, 0.05) is 5.75 Å². The van der Waals surface area contributed by atoms with Gasteiger partial charge in [-0.05, 0) is 28.7 Å². The Hall–Kier alpha value is -1.74. The van der Waals surface area contributed by atoms with Crippen LogP contribution in [0.15, 0.2) is 48.5 Å². The summed E-state index contributed by atoms with van der Waals surface area (Å²) in [6.45, 7) is 2.23. The zero-order chi connectivity index (χ0) is 16.3. The first kappa shape index (κ1) is 16.1. The Labute approximate surface area is 142 Å². The molecule has 3 heteroatoms. The fourth-order valence-corrected chi connectivity index (χ4v) is 5.18. The maximum Gasteiger partial charge on any atom is 0.306 e. The average Bonchev–Trinajstić information content (AvgIpc) is 2.87. The topological polar surface area (TPSA) is 26.3 Å². The minimum Gasteiger partial charge on any atom is -0.469 e. The lowest BCUT2D eigenvalue weighted by atomic mass is 9.91. The number of ether oxygens (including phenoxy) is 1. The summed E-state index contributed by atoms with van der Waals surface area (Å²) in [5.74, 6) is 0.638. The van der Waals surface area contributed by atoms with E-state index in [2.05, 4.69) is 55.5 Å². The van der Waals surface area contributed by atoms with Gasteiger partial charge in [0.1, 0.15) is 0 Å². The Morgan fingerprint density at radius 2 is 1.61 bits per heavy atom. The van der Waals surface area contributed by atoms with Crippen LogP contribution in [0.5, 0.6) is 0 Å². The lowest BCUT2D eigenvalue weighted by molar-refractivity contribution is -0.140. The molecule has 3 rings (SSSR count). The molecule has 0 amide bonds. The van der Waals surface area contributed by atoms with E-state index in [-0.39, 0.29) is 10.7 Å². The van der Waals surface area contributed by atoms with E-state index in [0.29, 0.717) is 6.42 Å². The van der Waals surface area contributed by atoms with Gasteiger partial charge in [-0.15, -0.1) is 11.8 Å². The Balaban J connectivity index is 2.02. The van der Waals surface area contributed by atoms with Gasteiger partial charge in [0.25, 0.3) is 0 Å². The Morgan fingerprint density at radius 3 is 2.13 bits per heavy atom. The van der Waals surface area contributed by atoms with Gasteiger partial charge in [0.2, 0.25) is 0 Å². The third-order valence-electron chi connectivity index (χ3n) is 4.50. The van der Waals surface area contributed by atoms with Crippen molar-refractivity contribution < 1.29 is 9.53 Å². The molecule has 0 radical (unpaired) electrons. The monoisotopic (exact) mass is 326 g/mol. The van der Waals surface area contributed by atoms with Crippen LogP contribution in [-0.4, -0.2) is 18.8 Å². The largest absolute Gasteiger partial charge is 0.469 e. The Morgan fingerprint density at radius 1 is 1.04 bits per heavy atom. The van der Waals surface area contributed by atoms with Crippen LogP contribution in [0.2, 0.25) is 0 Å². The fourth-order valence-electron chi connectivity index (χ4n) is 3.55. The highest BCUT2D eigenvalue weighted by atomic mass is 32.2. The van der Waals surface area contributed by atoms with Crippen molar-refractivity contribution >= 4 is 17.7 Å². The van der Waals surface area contributed by atoms with Crippen molar-refractivity contribution in [2.45, 2.75) is 30.9 Å². The molecule has 0 bridgehead atoms. The summed E-state index contributed by atoms with van der Waals surface area (Å²) in [5, 5.41) is 0. The van der Waals surface area contributed by atoms with E-state index >= 15 is 0 Å². The maximum atomic E-state index is 11.5. The molecule has 0 N–H and O–H groups in total. The molecule has 1 aliphatic rings. The number of hydrogen-bond acceptors (Lipinski definition) is 3. The van der Waals surface area contributed by atoms with E-state index in [4.69, 9.17) is 4.74 Å². The number of thioether (sulfide) groups is 1. The predicted molar refractivity (Wildman–Crippen MR) is 96.7 cm³/mol. The molecule has 0 saturated heterocycles. The summed E-state index contributed by atoms with van der Waals surface area (Å²) < 4.78 is 4.75. The van der Waals surface area contributed by atoms with Gasteiger partial charge < -0.3 is 4.74 Å². The smallest absolute Gasteiger partial charge is 0.306 e. The molecular formula is C20H22O2S. The number of rotatable bonds is 6. The number of fused-ring (bicyclic) bond motifs is 3. The highest BCUT2D eigenvalue weighted by molar-refractivity contribution is 8.00. The van der Waals surface area contributed by atoms with Crippen LogP contribution >= 0.6 is 11.8 Å². The summed E-state index contributed by atoms with van der Waals surface area (Å²) in [7, 11) is 1.45. The summed E-state index contributed by atoms with van der Waals surface area (Å²) in [6, 6.07) is 17.4. The SMILES string of the molecule is CCCC1(SCCC(=O)OC)c2ccccc2-c2ccccc21. The fraction of sp³-hybridized carbons (Fsp3) is 0.350. The van der Waals surface area contributed by atoms with E-state index in [9.17, 15) is 4.79 Å². The minimum atomic E-state index is -0.135. The van der Waals surface area contributed by atoms with Crippen molar-refractivity contribution in [1.29, 1.82) is 0 Å². The highest BCUT2D eigenvalue weighted by Gasteiger charge is 2.42. The summed E-state index contributed by atoms with van der Waals surface area (Å²) in [6.07, 6.45) is 2.64. The third-order valence-corrected chi connectivity index (χ3v) is 6.04. The first-order valence-electron chi connectivity index (χ1n) is 8.13. The van der Waals surface area contributed by atoms with Crippen LogP contribution in [-0.2, 0) is 14.3 Å². The van der Waals surface area contributed by atoms with E-state index in [1.165, 1.54) is 29.4 Å². The molecule has 0 heterocycles. The summed E-state index contributed by atoms with van der Waals surface area (Å²) in [5.41, 5.74) is 5.44. The van der Waals surface area contributed by atoms with Gasteiger partial charge in [-0.2, -0.15) is 0 Å². The number of methoxy groups -OCH3 is 1.